The van der Waals surface area contributed by atoms with Gasteiger partial charge in [0.05, 0.1) is 28.1 Å². The second kappa shape index (κ2) is 6.03. The Labute approximate surface area is 131 Å². The predicted octanol–water partition coefficient (Wildman–Crippen LogP) is 3.30. The summed E-state index contributed by atoms with van der Waals surface area (Å²) in [4.78, 5) is 16.6. The molecule has 0 bridgehead atoms. The molecular weight excluding hydrogens is 302 g/mol. The van der Waals surface area contributed by atoms with E-state index in [9.17, 15) is 4.79 Å². The van der Waals surface area contributed by atoms with Crippen molar-refractivity contribution in [3.8, 4) is 0 Å². The fourth-order valence-electron chi connectivity index (χ4n) is 2.18. The third kappa shape index (κ3) is 2.60. The van der Waals surface area contributed by atoms with Gasteiger partial charge in [0.15, 0.2) is 5.69 Å². The molecule has 0 saturated carbocycles. The molecule has 0 radical (unpaired) electrons. The van der Waals surface area contributed by atoms with Gasteiger partial charge in [0.2, 0.25) is 0 Å². The molecule has 112 valence electrons. The monoisotopic (exact) mass is 315 g/mol. The number of aromatic nitrogens is 3. The second-order valence-electron chi connectivity index (χ2n) is 4.64. The quantitative estimate of drug-likeness (QED) is 0.690. The average molecular weight is 316 g/mol. The molecule has 1 amide bonds. The van der Waals surface area contributed by atoms with Crippen LogP contribution in [0.5, 0.6) is 0 Å². The molecule has 0 aliphatic heterocycles. The lowest BCUT2D eigenvalue weighted by molar-refractivity contribution is 0.102. The summed E-state index contributed by atoms with van der Waals surface area (Å²) in [6.07, 6.45) is 3.20. The van der Waals surface area contributed by atoms with Gasteiger partial charge in [-0.15, -0.1) is 0 Å². The Morgan fingerprint density at radius 2 is 2.18 bits per heavy atom. The van der Waals surface area contributed by atoms with Gasteiger partial charge < -0.3 is 10.6 Å². The van der Waals surface area contributed by atoms with Crippen molar-refractivity contribution in [1.82, 2.24) is 15.2 Å². The van der Waals surface area contributed by atoms with Crippen molar-refractivity contribution < 1.29 is 4.79 Å². The summed E-state index contributed by atoms with van der Waals surface area (Å²) in [5, 5.41) is 13.9. The fourth-order valence-corrected chi connectivity index (χ4v) is 2.44. The molecule has 6 nitrogen and oxygen atoms in total. The molecule has 0 spiro atoms. The summed E-state index contributed by atoms with van der Waals surface area (Å²) in [7, 11) is 0. The maximum absolute atomic E-state index is 12.4. The minimum absolute atomic E-state index is 0.318. The number of halogens is 1. The lowest BCUT2D eigenvalue weighted by atomic mass is 10.2. The molecule has 0 aliphatic carbocycles. The van der Waals surface area contributed by atoms with Crippen molar-refractivity contribution in [3.05, 3.63) is 47.4 Å². The van der Waals surface area contributed by atoms with E-state index in [4.69, 9.17) is 11.6 Å². The number of fused-ring (bicyclic) bond motifs is 1. The van der Waals surface area contributed by atoms with Crippen LogP contribution < -0.4 is 10.6 Å². The van der Waals surface area contributed by atoms with Gasteiger partial charge in [0.25, 0.3) is 5.91 Å². The molecular formula is C15H14ClN5O. The summed E-state index contributed by atoms with van der Waals surface area (Å²) in [5.41, 5.74) is 2.35. The van der Waals surface area contributed by atoms with Crippen LogP contribution in [0.25, 0.3) is 10.9 Å². The third-order valence-electron chi connectivity index (χ3n) is 3.20. The number of pyridine rings is 1. The van der Waals surface area contributed by atoms with E-state index in [1.54, 1.807) is 24.5 Å². The number of hydrogen-bond donors (Lipinski definition) is 3. The number of benzene rings is 1. The minimum Gasteiger partial charge on any atom is -0.383 e. The van der Waals surface area contributed by atoms with Gasteiger partial charge in [0.1, 0.15) is 0 Å². The van der Waals surface area contributed by atoms with Crippen LogP contribution in [-0.2, 0) is 0 Å². The maximum atomic E-state index is 12.4. The molecule has 0 atom stereocenters. The van der Waals surface area contributed by atoms with Crippen molar-refractivity contribution in [2.75, 3.05) is 17.2 Å². The topological polar surface area (TPSA) is 82.7 Å². The van der Waals surface area contributed by atoms with Gasteiger partial charge in [-0.25, -0.2) is 4.98 Å². The van der Waals surface area contributed by atoms with Crippen molar-refractivity contribution in [1.29, 1.82) is 0 Å². The highest BCUT2D eigenvalue weighted by atomic mass is 35.5. The maximum Gasteiger partial charge on any atom is 0.276 e. The number of nitrogens with one attached hydrogen (secondary N) is 3. The molecule has 3 N–H and O–H groups in total. The average Bonchev–Trinajstić information content (AvgIpc) is 3.00. The van der Waals surface area contributed by atoms with Crippen LogP contribution in [0, 0.1) is 0 Å². The van der Waals surface area contributed by atoms with Gasteiger partial charge in [-0.3, -0.25) is 9.89 Å². The highest BCUT2D eigenvalue weighted by Crippen LogP contribution is 2.30. The predicted molar refractivity (Wildman–Crippen MR) is 87.5 cm³/mol. The number of H-pyrrole nitrogens is 1. The first-order chi connectivity index (χ1) is 10.7. The number of aromatic amines is 1. The zero-order valence-corrected chi connectivity index (χ0v) is 12.6. The van der Waals surface area contributed by atoms with Gasteiger partial charge in [-0.2, -0.15) is 5.10 Å². The molecule has 2 heterocycles. The van der Waals surface area contributed by atoms with E-state index in [-0.39, 0.29) is 5.91 Å². The second-order valence-corrected chi connectivity index (χ2v) is 5.02. The van der Waals surface area contributed by atoms with Crippen LogP contribution in [0.1, 0.15) is 17.4 Å². The van der Waals surface area contributed by atoms with E-state index in [0.717, 1.165) is 10.9 Å². The number of amides is 1. The lowest BCUT2D eigenvalue weighted by Gasteiger charge is -2.11. The summed E-state index contributed by atoms with van der Waals surface area (Å²) in [5.74, 6) is -0.318. The number of hydrogen-bond acceptors (Lipinski definition) is 4. The van der Waals surface area contributed by atoms with Gasteiger partial charge in [-0.1, -0.05) is 11.6 Å². The number of nitrogens with zero attached hydrogens (tertiary/aromatic N) is 2. The van der Waals surface area contributed by atoms with E-state index in [1.807, 2.05) is 19.1 Å². The number of carbonyl (C=O) groups is 1. The van der Waals surface area contributed by atoms with E-state index >= 15 is 0 Å². The van der Waals surface area contributed by atoms with Crippen LogP contribution in [0.2, 0.25) is 5.02 Å². The van der Waals surface area contributed by atoms with Crippen LogP contribution in [0.4, 0.5) is 11.4 Å². The Morgan fingerprint density at radius 3 is 3.00 bits per heavy atom. The van der Waals surface area contributed by atoms with Crippen LogP contribution in [0.3, 0.4) is 0 Å². The van der Waals surface area contributed by atoms with E-state index in [2.05, 4.69) is 25.8 Å². The first-order valence-corrected chi connectivity index (χ1v) is 7.20. The van der Waals surface area contributed by atoms with Gasteiger partial charge in [-0.05, 0) is 31.2 Å². The largest absolute Gasteiger partial charge is 0.383 e. The van der Waals surface area contributed by atoms with Crippen LogP contribution in [0.15, 0.2) is 36.7 Å². The van der Waals surface area contributed by atoms with Crippen molar-refractivity contribution in [3.63, 3.8) is 0 Å². The molecule has 0 saturated heterocycles. The number of rotatable bonds is 4. The van der Waals surface area contributed by atoms with E-state index in [0.29, 0.717) is 28.6 Å². The normalized spacial score (nSPS) is 10.6. The van der Waals surface area contributed by atoms with Crippen LogP contribution in [-0.4, -0.2) is 27.6 Å². The van der Waals surface area contributed by atoms with Crippen molar-refractivity contribution in [2.24, 2.45) is 0 Å². The molecule has 1 aromatic carbocycles. The zero-order valence-electron chi connectivity index (χ0n) is 11.9. The third-order valence-corrected chi connectivity index (χ3v) is 3.60. The Bertz CT molecular complexity index is 830. The van der Waals surface area contributed by atoms with Crippen LogP contribution >= 0.6 is 11.6 Å². The smallest absolute Gasteiger partial charge is 0.276 e. The van der Waals surface area contributed by atoms with Crippen molar-refractivity contribution in [2.45, 2.75) is 6.92 Å². The summed E-state index contributed by atoms with van der Waals surface area (Å²) in [6, 6.07) is 7.13. The molecule has 7 heteroatoms. The highest BCUT2D eigenvalue weighted by molar-refractivity contribution is 6.38. The molecule has 0 fully saturated rings. The summed E-state index contributed by atoms with van der Waals surface area (Å²) >= 11 is 6.30. The van der Waals surface area contributed by atoms with E-state index in [1.165, 1.54) is 0 Å². The number of anilines is 2. The first kappa shape index (κ1) is 14.3. The summed E-state index contributed by atoms with van der Waals surface area (Å²) in [6.45, 7) is 2.66. The summed E-state index contributed by atoms with van der Waals surface area (Å²) < 4.78 is 0. The van der Waals surface area contributed by atoms with Gasteiger partial charge in [0, 0.05) is 18.1 Å². The highest BCUT2D eigenvalue weighted by Gasteiger charge is 2.15. The molecule has 3 aromatic rings. The van der Waals surface area contributed by atoms with E-state index < -0.39 is 0 Å². The molecule has 3 rings (SSSR count). The zero-order chi connectivity index (χ0) is 15.5. The fraction of sp³-hybridized carbons (Fsp3) is 0.133. The Kier molecular flexibility index (Phi) is 3.93. The molecule has 22 heavy (non-hydrogen) atoms. The first-order valence-electron chi connectivity index (χ1n) is 6.82. The van der Waals surface area contributed by atoms with Gasteiger partial charge >= 0.3 is 0 Å². The Hall–Kier alpha value is -2.60. The Balaban J connectivity index is 1.91. The minimum atomic E-state index is -0.318. The SMILES string of the molecule is CCNc1cccnc1C(=O)Nc1ccc2[nH]ncc2c1Cl. The molecule has 0 aliphatic rings. The lowest BCUT2D eigenvalue weighted by Crippen LogP contribution is -2.16. The Morgan fingerprint density at radius 1 is 1.32 bits per heavy atom. The standard InChI is InChI=1S/C15H14ClN5O/c1-2-17-12-4-3-7-18-14(12)15(22)20-11-6-5-10-9(13(11)16)8-19-21-10/h3-8,17H,2H2,1H3,(H,19,21)(H,20,22). The molecule has 2 aromatic heterocycles. The molecule has 0 unspecified atom stereocenters. The van der Waals surface area contributed by atoms with Crippen molar-refractivity contribution >= 4 is 39.8 Å². The number of carbonyl (C=O) groups excluding carboxylic acids is 1.